The van der Waals surface area contributed by atoms with Crippen LogP contribution in [0.2, 0.25) is 0 Å². The predicted octanol–water partition coefficient (Wildman–Crippen LogP) is 3.36. The lowest BCUT2D eigenvalue weighted by atomic mass is 9.61. The van der Waals surface area contributed by atoms with Crippen molar-refractivity contribution in [2.24, 2.45) is 17.3 Å². The minimum absolute atomic E-state index is 0.410. The van der Waals surface area contributed by atoms with E-state index in [0.717, 1.165) is 18.3 Å². The molecule has 65 valence electrons. The van der Waals surface area contributed by atoms with Gasteiger partial charge in [0.05, 0.1) is 0 Å². The van der Waals surface area contributed by atoms with Gasteiger partial charge in [0, 0.05) is 0 Å². The molecular weight excluding hydrogens is 144 g/mol. The second-order valence-corrected chi connectivity index (χ2v) is 4.42. The van der Waals surface area contributed by atoms with Crippen LogP contribution in [0, 0.1) is 23.3 Å². The summed E-state index contributed by atoms with van der Waals surface area (Å²) >= 11 is 0. The zero-order valence-corrected chi connectivity index (χ0v) is 8.01. The molecule has 0 nitrogen and oxygen atoms in total. The van der Waals surface area contributed by atoms with Crippen molar-refractivity contribution in [3.63, 3.8) is 0 Å². The monoisotopic (exact) mass is 161 g/mol. The van der Waals surface area contributed by atoms with Crippen molar-refractivity contribution in [1.82, 2.24) is 0 Å². The van der Waals surface area contributed by atoms with Crippen LogP contribution in [-0.2, 0) is 0 Å². The number of rotatable bonds is 0. The van der Waals surface area contributed by atoms with Crippen molar-refractivity contribution < 1.29 is 0 Å². The van der Waals surface area contributed by atoms with Crippen molar-refractivity contribution in [2.45, 2.75) is 33.1 Å². The Morgan fingerprint density at radius 2 is 2.33 bits per heavy atom. The van der Waals surface area contributed by atoms with Crippen LogP contribution >= 0.6 is 0 Å². The first-order valence-electron chi connectivity index (χ1n) is 4.98. The number of hydrogen-bond acceptors (Lipinski definition) is 0. The van der Waals surface area contributed by atoms with Crippen LogP contribution in [0.5, 0.6) is 0 Å². The summed E-state index contributed by atoms with van der Waals surface area (Å²) in [6.45, 7) is 4.75. The fourth-order valence-electron chi connectivity index (χ4n) is 2.46. The Labute approximate surface area is 75.4 Å². The topological polar surface area (TPSA) is 0 Å². The Morgan fingerprint density at radius 3 is 3.08 bits per heavy atom. The van der Waals surface area contributed by atoms with E-state index in [9.17, 15) is 0 Å². The molecule has 0 heterocycles. The molecule has 0 unspecified atom stereocenters. The second-order valence-electron chi connectivity index (χ2n) is 4.42. The third-order valence-electron chi connectivity index (χ3n) is 3.73. The summed E-state index contributed by atoms with van der Waals surface area (Å²) in [4.78, 5) is 0. The molecule has 0 bridgehead atoms. The molecule has 2 aliphatic carbocycles. The maximum atomic E-state index is 3.40. The van der Waals surface area contributed by atoms with Crippen molar-refractivity contribution in [1.29, 1.82) is 0 Å². The molecule has 2 rings (SSSR count). The van der Waals surface area contributed by atoms with Crippen LogP contribution in [0.15, 0.2) is 18.2 Å². The van der Waals surface area contributed by atoms with E-state index < -0.39 is 0 Å². The van der Waals surface area contributed by atoms with Crippen LogP contribution in [0.3, 0.4) is 0 Å². The minimum atomic E-state index is 0.410. The average molecular weight is 161 g/mol. The Hall–Kier alpha value is -0.520. The molecule has 0 spiro atoms. The molecule has 0 fully saturated rings. The van der Waals surface area contributed by atoms with Crippen molar-refractivity contribution in [2.75, 3.05) is 0 Å². The van der Waals surface area contributed by atoms with Gasteiger partial charge >= 0.3 is 0 Å². The van der Waals surface area contributed by atoms with Crippen LogP contribution in [0.4, 0.5) is 0 Å². The molecule has 0 aromatic carbocycles. The standard InChI is InChI=1S/C12H17/c1-10-6-5-8-11-7-3-4-9-12(10,11)2/h5,8-11H,3,6-7H2,1-2H3/t10-,11-,12-/m1/s1. The summed E-state index contributed by atoms with van der Waals surface area (Å²) in [7, 11) is 0. The van der Waals surface area contributed by atoms with Crippen molar-refractivity contribution in [3.8, 4) is 0 Å². The summed E-state index contributed by atoms with van der Waals surface area (Å²) in [5.74, 6) is 1.57. The first-order chi connectivity index (χ1) is 5.73. The molecule has 12 heavy (non-hydrogen) atoms. The molecule has 0 amide bonds. The normalized spacial score (nSPS) is 45.8. The molecule has 0 aromatic rings. The van der Waals surface area contributed by atoms with E-state index in [4.69, 9.17) is 0 Å². The third kappa shape index (κ3) is 1.05. The highest BCUT2D eigenvalue weighted by Crippen LogP contribution is 2.47. The molecule has 0 aliphatic heterocycles. The average Bonchev–Trinajstić information content (AvgIpc) is 2.07. The molecule has 0 saturated carbocycles. The van der Waals surface area contributed by atoms with E-state index >= 15 is 0 Å². The van der Waals surface area contributed by atoms with Gasteiger partial charge in [-0.1, -0.05) is 32.1 Å². The Bertz CT molecular complexity index is 224. The lowest BCUT2D eigenvalue weighted by molar-refractivity contribution is 0.169. The Morgan fingerprint density at radius 1 is 1.50 bits per heavy atom. The predicted molar refractivity (Wildman–Crippen MR) is 51.6 cm³/mol. The third-order valence-corrected chi connectivity index (χ3v) is 3.73. The van der Waals surface area contributed by atoms with Gasteiger partial charge in [-0.3, -0.25) is 0 Å². The van der Waals surface area contributed by atoms with Crippen molar-refractivity contribution in [3.05, 3.63) is 24.3 Å². The van der Waals surface area contributed by atoms with Crippen LogP contribution < -0.4 is 0 Å². The van der Waals surface area contributed by atoms with Gasteiger partial charge in [0.25, 0.3) is 0 Å². The van der Waals surface area contributed by atoms with Crippen LogP contribution in [0.25, 0.3) is 0 Å². The van der Waals surface area contributed by atoms with Gasteiger partial charge in [-0.25, -0.2) is 0 Å². The molecule has 0 saturated heterocycles. The largest absolute Gasteiger partial charge is 0.0879 e. The number of allylic oxidation sites excluding steroid dienone is 4. The summed E-state index contributed by atoms with van der Waals surface area (Å²) in [6.07, 6.45) is 14.2. The maximum Gasteiger partial charge on any atom is -0.00492 e. The zero-order chi connectivity index (χ0) is 8.60. The highest BCUT2D eigenvalue weighted by molar-refractivity contribution is 5.14. The summed E-state index contributed by atoms with van der Waals surface area (Å²) < 4.78 is 0. The van der Waals surface area contributed by atoms with E-state index in [0.29, 0.717) is 5.41 Å². The van der Waals surface area contributed by atoms with E-state index in [2.05, 4.69) is 38.2 Å². The van der Waals surface area contributed by atoms with Gasteiger partial charge in [-0.2, -0.15) is 0 Å². The van der Waals surface area contributed by atoms with Gasteiger partial charge in [-0.15, -0.1) is 0 Å². The Kier molecular flexibility index (Phi) is 1.86. The summed E-state index contributed by atoms with van der Waals surface area (Å²) in [6, 6.07) is 0. The van der Waals surface area contributed by atoms with Crippen LogP contribution in [0.1, 0.15) is 33.1 Å². The zero-order valence-electron chi connectivity index (χ0n) is 8.01. The van der Waals surface area contributed by atoms with Gasteiger partial charge in [0.1, 0.15) is 0 Å². The minimum Gasteiger partial charge on any atom is -0.0879 e. The van der Waals surface area contributed by atoms with E-state index in [-0.39, 0.29) is 0 Å². The van der Waals surface area contributed by atoms with Crippen LogP contribution in [-0.4, -0.2) is 0 Å². The quantitative estimate of drug-likeness (QED) is 0.478. The van der Waals surface area contributed by atoms with E-state index in [1.54, 1.807) is 0 Å². The molecule has 2 aliphatic rings. The lowest BCUT2D eigenvalue weighted by Gasteiger charge is -2.43. The highest BCUT2D eigenvalue weighted by atomic mass is 14.4. The van der Waals surface area contributed by atoms with Gasteiger partial charge in [-0.05, 0) is 42.6 Å². The molecule has 3 atom stereocenters. The molecule has 0 aromatic heterocycles. The Balaban J connectivity index is 2.33. The fraction of sp³-hybridized carbons (Fsp3) is 0.667. The summed E-state index contributed by atoms with van der Waals surface area (Å²) in [5, 5.41) is 0. The number of fused-ring (bicyclic) bond motifs is 1. The highest BCUT2D eigenvalue weighted by Gasteiger charge is 2.38. The van der Waals surface area contributed by atoms with Crippen molar-refractivity contribution >= 4 is 0 Å². The SMILES string of the molecule is C[C@@H]1CC=C[C@H]2CC[C]=C[C@]12C. The summed E-state index contributed by atoms with van der Waals surface area (Å²) in [5.41, 5.74) is 0.410. The maximum absolute atomic E-state index is 3.40. The molecule has 1 radical (unpaired) electrons. The van der Waals surface area contributed by atoms with Gasteiger partial charge in [0.15, 0.2) is 0 Å². The lowest BCUT2D eigenvalue weighted by Crippen LogP contribution is -2.35. The first kappa shape index (κ1) is 8.10. The fourth-order valence-corrected chi connectivity index (χ4v) is 2.46. The molecular formula is C12H17. The molecule has 0 N–H and O–H groups in total. The van der Waals surface area contributed by atoms with Gasteiger partial charge in [0.2, 0.25) is 0 Å². The second kappa shape index (κ2) is 2.76. The van der Waals surface area contributed by atoms with Gasteiger partial charge < -0.3 is 0 Å². The van der Waals surface area contributed by atoms with E-state index in [1.165, 1.54) is 12.8 Å². The smallest absolute Gasteiger partial charge is 0.00492 e. The first-order valence-corrected chi connectivity index (χ1v) is 4.98. The number of hydrogen-bond donors (Lipinski definition) is 0. The van der Waals surface area contributed by atoms with E-state index in [1.807, 2.05) is 0 Å². The molecule has 0 heteroatoms.